The van der Waals surface area contributed by atoms with Crippen molar-refractivity contribution in [1.82, 2.24) is 0 Å². The number of fused-ring (bicyclic) bond motifs is 1. The lowest BCUT2D eigenvalue weighted by atomic mass is 9.99. The lowest BCUT2D eigenvalue weighted by Crippen LogP contribution is -2.15. The molecule has 158 valence electrons. The van der Waals surface area contributed by atoms with Gasteiger partial charge in [-0.15, -0.1) is 0 Å². The van der Waals surface area contributed by atoms with E-state index in [1.165, 1.54) is 6.07 Å². The lowest BCUT2D eigenvalue weighted by molar-refractivity contribution is 0.0299. The molecule has 30 heavy (non-hydrogen) atoms. The first-order valence-corrected chi connectivity index (χ1v) is 10.2. The maximum Gasteiger partial charge on any atom is 0.342 e. The number of esters is 1. The number of cyclic esters (lactones) is 1. The molecule has 0 bridgehead atoms. The van der Waals surface area contributed by atoms with E-state index in [4.69, 9.17) is 10.1 Å². The number of allylic oxidation sites excluding steroid dienone is 3. The van der Waals surface area contributed by atoms with Crippen LogP contribution in [0.5, 0.6) is 11.5 Å². The zero-order chi connectivity index (χ0) is 21.9. The summed E-state index contributed by atoms with van der Waals surface area (Å²) in [6, 6.07) is 11.9. The molecule has 0 aromatic heterocycles. The summed E-state index contributed by atoms with van der Waals surface area (Å²) in [6.07, 6.45) is 9.36. The van der Waals surface area contributed by atoms with Crippen molar-refractivity contribution in [1.29, 1.82) is 5.41 Å². The zero-order valence-electron chi connectivity index (χ0n) is 17.5. The smallest absolute Gasteiger partial charge is 0.342 e. The van der Waals surface area contributed by atoms with Crippen LogP contribution >= 0.6 is 0 Å². The van der Waals surface area contributed by atoms with Crippen LogP contribution in [0.1, 0.15) is 60.7 Å². The summed E-state index contributed by atoms with van der Waals surface area (Å²) < 4.78 is 5.74. The molecule has 1 aliphatic heterocycles. The SMILES string of the molecule is CC.N=C1/C=C/CC/C=C/C[C@H](c2ccccc2)OC(=O)c2c(O)cc(O)cc2C1. The fraction of sp³-hybridized carbons (Fsp3) is 0.280. The van der Waals surface area contributed by atoms with Crippen LogP contribution in [0.3, 0.4) is 0 Å². The Morgan fingerprint density at radius 3 is 2.43 bits per heavy atom. The van der Waals surface area contributed by atoms with Crippen LogP contribution in [-0.4, -0.2) is 21.9 Å². The second-order valence-corrected chi connectivity index (χ2v) is 6.69. The van der Waals surface area contributed by atoms with Crippen LogP contribution in [0.25, 0.3) is 0 Å². The van der Waals surface area contributed by atoms with Gasteiger partial charge in [-0.1, -0.05) is 62.4 Å². The van der Waals surface area contributed by atoms with Crippen LogP contribution in [0.2, 0.25) is 0 Å². The summed E-state index contributed by atoms with van der Waals surface area (Å²) in [6.45, 7) is 4.00. The fourth-order valence-electron chi connectivity index (χ4n) is 3.17. The zero-order valence-corrected chi connectivity index (χ0v) is 17.5. The standard InChI is InChI=1S/C23H23NO4.C2H6/c24-18-11-7-2-1-3-8-12-21(16-9-5-4-6-10-16)28-23(27)22-17(13-18)14-19(25)15-20(22)26;1-2/h3-11,14-15,21,24-26H,1-2,12-13H2;1-2H3/b8-3+,11-7+,24-18?;/t21-;/m1./s1. The highest BCUT2D eigenvalue weighted by atomic mass is 16.5. The third-order valence-electron chi connectivity index (χ3n) is 4.53. The summed E-state index contributed by atoms with van der Waals surface area (Å²) in [5.41, 5.74) is 1.48. The van der Waals surface area contributed by atoms with E-state index >= 15 is 0 Å². The molecule has 0 saturated carbocycles. The molecule has 1 atom stereocenters. The summed E-state index contributed by atoms with van der Waals surface area (Å²) >= 11 is 0. The highest BCUT2D eigenvalue weighted by Gasteiger charge is 2.24. The maximum atomic E-state index is 12.9. The van der Waals surface area contributed by atoms with Crippen LogP contribution < -0.4 is 0 Å². The van der Waals surface area contributed by atoms with Crippen LogP contribution in [0.15, 0.2) is 66.8 Å². The van der Waals surface area contributed by atoms with Crippen molar-refractivity contribution in [2.75, 3.05) is 0 Å². The van der Waals surface area contributed by atoms with Crippen molar-refractivity contribution in [3.05, 3.63) is 83.5 Å². The third-order valence-corrected chi connectivity index (χ3v) is 4.53. The predicted molar refractivity (Wildman–Crippen MR) is 119 cm³/mol. The molecule has 3 N–H and O–H groups in total. The molecule has 0 radical (unpaired) electrons. The van der Waals surface area contributed by atoms with Gasteiger partial charge in [0.2, 0.25) is 0 Å². The van der Waals surface area contributed by atoms with Gasteiger partial charge in [0.25, 0.3) is 0 Å². The van der Waals surface area contributed by atoms with Gasteiger partial charge in [0.15, 0.2) is 0 Å². The number of aromatic hydroxyl groups is 2. The van der Waals surface area contributed by atoms with Gasteiger partial charge in [-0.25, -0.2) is 4.79 Å². The Kier molecular flexibility index (Phi) is 8.88. The predicted octanol–water partition coefficient (Wildman–Crippen LogP) is 5.88. The van der Waals surface area contributed by atoms with Gasteiger partial charge in [-0.3, -0.25) is 0 Å². The highest BCUT2D eigenvalue weighted by molar-refractivity contribution is 5.99. The average Bonchev–Trinajstić information content (AvgIpc) is 2.73. The van der Waals surface area contributed by atoms with Crippen molar-refractivity contribution in [2.45, 2.75) is 45.6 Å². The summed E-state index contributed by atoms with van der Waals surface area (Å²) in [4.78, 5) is 12.9. The molecular weight excluding hydrogens is 378 g/mol. The first-order chi connectivity index (χ1) is 14.5. The van der Waals surface area contributed by atoms with E-state index in [1.807, 2.05) is 62.4 Å². The van der Waals surface area contributed by atoms with E-state index in [2.05, 4.69) is 0 Å². The minimum absolute atomic E-state index is 0.0158. The van der Waals surface area contributed by atoms with Gasteiger partial charge in [0.05, 0.1) is 0 Å². The van der Waals surface area contributed by atoms with Gasteiger partial charge in [-0.2, -0.15) is 0 Å². The van der Waals surface area contributed by atoms with Crippen molar-refractivity contribution >= 4 is 11.7 Å². The molecular formula is C25H29NO4. The van der Waals surface area contributed by atoms with Gasteiger partial charge < -0.3 is 20.4 Å². The van der Waals surface area contributed by atoms with Crippen molar-refractivity contribution in [3.63, 3.8) is 0 Å². The number of ether oxygens (including phenoxy) is 1. The number of phenols is 2. The Morgan fingerprint density at radius 2 is 1.70 bits per heavy atom. The average molecular weight is 408 g/mol. The number of carbonyl (C=O) groups is 1. The molecule has 0 saturated heterocycles. The van der Waals surface area contributed by atoms with Crippen LogP contribution in [0, 0.1) is 5.41 Å². The second kappa shape index (κ2) is 11.6. The summed E-state index contributed by atoms with van der Waals surface area (Å²) in [5.74, 6) is -1.20. The molecule has 3 rings (SSSR count). The third kappa shape index (κ3) is 6.34. The van der Waals surface area contributed by atoms with E-state index < -0.39 is 12.1 Å². The second-order valence-electron chi connectivity index (χ2n) is 6.69. The van der Waals surface area contributed by atoms with E-state index in [0.29, 0.717) is 12.0 Å². The first kappa shape index (κ1) is 22.9. The largest absolute Gasteiger partial charge is 0.508 e. The minimum Gasteiger partial charge on any atom is -0.508 e. The molecule has 0 spiro atoms. The van der Waals surface area contributed by atoms with Gasteiger partial charge >= 0.3 is 5.97 Å². The Hall–Kier alpha value is -3.34. The number of benzene rings is 2. The molecule has 2 aromatic carbocycles. The highest BCUT2D eigenvalue weighted by Crippen LogP contribution is 2.31. The van der Waals surface area contributed by atoms with Gasteiger partial charge in [0.1, 0.15) is 23.2 Å². The Balaban J connectivity index is 0.00000155. The number of nitrogens with one attached hydrogen (secondary N) is 1. The molecule has 0 fully saturated rings. The molecule has 0 amide bonds. The number of hydrogen-bond acceptors (Lipinski definition) is 5. The van der Waals surface area contributed by atoms with Crippen molar-refractivity contribution in [2.24, 2.45) is 0 Å². The van der Waals surface area contributed by atoms with Gasteiger partial charge in [0, 0.05) is 24.6 Å². The van der Waals surface area contributed by atoms with Crippen LogP contribution in [0.4, 0.5) is 0 Å². The normalized spacial score (nSPS) is 19.3. The lowest BCUT2D eigenvalue weighted by Gasteiger charge is -2.19. The topological polar surface area (TPSA) is 90.6 Å². The molecule has 0 unspecified atom stereocenters. The quantitative estimate of drug-likeness (QED) is 0.407. The fourth-order valence-corrected chi connectivity index (χ4v) is 3.17. The Bertz CT molecular complexity index is 916. The van der Waals surface area contributed by atoms with E-state index in [1.54, 1.807) is 6.08 Å². The van der Waals surface area contributed by atoms with Crippen molar-refractivity contribution < 1.29 is 19.7 Å². The molecule has 0 aliphatic carbocycles. The maximum absolute atomic E-state index is 12.9. The number of hydrogen-bond donors (Lipinski definition) is 3. The number of rotatable bonds is 1. The van der Waals surface area contributed by atoms with E-state index in [9.17, 15) is 15.0 Å². The molecule has 1 heterocycles. The van der Waals surface area contributed by atoms with Crippen molar-refractivity contribution in [3.8, 4) is 11.5 Å². The summed E-state index contributed by atoms with van der Waals surface area (Å²) in [5, 5.41) is 28.2. The molecule has 2 aromatic rings. The monoisotopic (exact) mass is 407 g/mol. The Labute approximate surface area is 177 Å². The van der Waals surface area contributed by atoms with E-state index in [-0.39, 0.29) is 29.2 Å². The number of phenolic OH excluding ortho intramolecular Hbond substituents is 2. The van der Waals surface area contributed by atoms with Crippen LogP contribution in [-0.2, 0) is 11.2 Å². The van der Waals surface area contributed by atoms with Gasteiger partial charge in [-0.05, 0) is 36.1 Å². The summed E-state index contributed by atoms with van der Waals surface area (Å²) in [7, 11) is 0. The molecule has 1 aliphatic rings. The van der Waals surface area contributed by atoms with E-state index in [0.717, 1.165) is 24.5 Å². The number of carbonyl (C=O) groups excluding carboxylic acids is 1. The molecule has 5 heteroatoms. The minimum atomic E-state index is -0.677. The Morgan fingerprint density at radius 1 is 1.00 bits per heavy atom. The molecule has 5 nitrogen and oxygen atoms in total. The first-order valence-electron chi connectivity index (χ1n) is 10.2.